The number of hydrogen-bond donors (Lipinski definition) is 1. The Hall–Kier alpha value is -1.37. The zero-order valence-electron chi connectivity index (χ0n) is 9.14. The number of carbonyl (C=O) groups is 2. The molecule has 92 valence electrons. The van der Waals surface area contributed by atoms with Gasteiger partial charge in [0.05, 0.1) is 5.25 Å². The predicted octanol–water partition coefficient (Wildman–Crippen LogP) is -0.356. The van der Waals surface area contributed by atoms with E-state index in [-0.39, 0.29) is 12.3 Å². The molecule has 1 atom stereocenters. The smallest absolute Gasteiger partial charge is 0.239 e. The van der Waals surface area contributed by atoms with Crippen LogP contribution in [0.25, 0.3) is 0 Å². The summed E-state index contributed by atoms with van der Waals surface area (Å²) in [7, 11) is 0. The molecule has 1 aliphatic heterocycles. The molecule has 7 heteroatoms. The standard InChI is InChI=1S/C10H13N3O3S/c14-8(15)5-7-9(16)11-10(17-7)13-12-6-3-1-2-4-6/h7H,1-5H2,(H,14,15)(H,11,13,16)/p-1/t7-/m1/s1. The Kier molecular flexibility index (Phi) is 3.78. The normalized spacial score (nSPS) is 26.4. The minimum Gasteiger partial charge on any atom is -0.550 e. The van der Waals surface area contributed by atoms with Crippen LogP contribution in [-0.2, 0) is 9.59 Å². The van der Waals surface area contributed by atoms with E-state index in [2.05, 4.69) is 15.5 Å². The van der Waals surface area contributed by atoms with Gasteiger partial charge in [-0.15, -0.1) is 5.10 Å². The molecule has 0 radical (unpaired) electrons. The van der Waals surface area contributed by atoms with E-state index in [0.29, 0.717) is 5.17 Å². The second-order valence-corrected chi connectivity index (χ2v) is 5.14. The van der Waals surface area contributed by atoms with Crippen molar-refractivity contribution in [2.75, 3.05) is 0 Å². The highest BCUT2D eigenvalue weighted by Crippen LogP contribution is 2.22. The van der Waals surface area contributed by atoms with Crippen molar-refractivity contribution in [3.05, 3.63) is 0 Å². The molecule has 0 aromatic heterocycles. The first-order valence-corrected chi connectivity index (χ1v) is 6.34. The number of amides is 1. The summed E-state index contributed by atoms with van der Waals surface area (Å²) in [5.74, 6) is -1.58. The second kappa shape index (κ2) is 5.31. The summed E-state index contributed by atoms with van der Waals surface area (Å²) in [4.78, 5) is 21.8. The Morgan fingerprint density at radius 1 is 1.41 bits per heavy atom. The molecule has 0 bridgehead atoms. The van der Waals surface area contributed by atoms with Crippen LogP contribution >= 0.6 is 11.8 Å². The number of nitrogens with zero attached hydrogens (tertiary/aromatic N) is 2. The van der Waals surface area contributed by atoms with Gasteiger partial charge in [0.1, 0.15) is 0 Å². The molecule has 0 aromatic rings. The summed E-state index contributed by atoms with van der Waals surface area (Å²) in [5.41, 5.74) is 1.04. The molecule has 2 aliphatic rings. The van der Waals surface area contributed by atoms with Crippen molar-refractivity contribution in [3.63, 3.8) is 0 Å². The Labute approximate surface area is 103 Å². The molecule has 6 nitrogen and oxygen atoms in total. The van der Waals surface area contributed by atoms with Crippen LogP contribution in [0, 0.1) is 0 Å². The van der Waals surface area contributed by atoms with Crippen LogP contribution in [0.4, 0.5) is 0 Å². The first kappa shape index (κ1) is 12.1. The summed E-state index contributed by atoms with van der Waals surface area (Å²) in [6.07, 6.45) is 3.88. The summed E-state index contributed by atoms with van der Waals surface area (Å²) >= 11 is 1.09. The highest BCUT2D eigenvalue weighted by molar-refractivity contribution is 8.15. The number of carbonyl (C=O) groups excluding carboxylic acids is 2. The largest absolute Gasteiger partial charge is 0.550 e. The molecule has 17 heavy (non-hydrogen) atoms. The van der Waals surface area contributed by atoms with Gasteiger partial charge in [0.25, 0.3) is 0 Å². The van der Waals surface area contributed by atoms with E-state index in [4.69, 9.17) is 0 Å². The van der Waals surface area contributed by atoms with Crippen molar-refractivity contribution >= 4 is 34.5 Å². The van der Waals surface area contributed by atoms with Crippen LogP contribution in [0.15, 0.2) is 10.2 Å². The van der Waals surface area contributed by atoms with E-state index < -0.39 is 11.2 Å². The lowest BCUT2D eigenvalue weighted by atomic mass is 10.3. The third-order valence-corrected chi connectivity index (χ3v) is 3.66. The quantitative estimate of drug-likeness (QED) is 0.696. The molecule has 1 saturated carbocycles. The Morgan fingerprint density at radius 3 is 2.76 bits per heavy atom. The van der Waals surface area contributed by atoms with E-state index in [1.165, 1.54) is 0 Å². The molecule has 0 aromatic carbocycles. The second-order valence-electron chi connectivity index (χ2n) is 3.95. The van der Waals surface area contributed by atoms with E-state index in [0.717, 1.165) is 43.2 Å². The minimum atomic E-state index is -1.24. The maximum atomic E-state index is 11.4. The van der Waals surface area contributed by atoms with Crippen LogP contribution in [0.1, 0.15) is 32.1 Å². The summed E-state index contributed by atoms with van der Waals surface area (Å²) in [6, 6.07) is 0. The molecule has 1 amide bonds. The van der Waals surface area contributed by atoms with Crippen molar-refractivity contribution in [2.24, 2.45) is 10.2 Å². The van der Waals surface area contributed by atoms with Crippen LogP contribution < -0.4 is 10.4 Å². The molecule has 0 unspecified atom stereocenters. The highest BCUT2D eigenvalue weighted by Gasteiger charge is 2.30. The maximum absolute atomic E-state index is 11.4. The number of hydrogen-bond acceptors (Lipinski definition) is 6. The first-order valence-electron chi connectivity index (χ1n) is 5.46. The van der Waals surface area contributed by atoms with Crippen LogP contribution in [-0.4, -0.2) is 28.0 Å². The number of thioether (sulfide) groups is 1. The lowest BCUT2D eigenvalue weighted by Gasteiger charge is -2.04. The van der Waals surface area contributed by atoms with Crippen LogP contribution in [0.2, 0.25) is 0 Å². The predicted molar refractivity (Wildman–Crippen MR) is 62.5 cm³/mol. The molecule has 2 fully saturated rings. The summed E-state index contributed by atoms with van der Waals surface area (Å²) in [6.45, 7) is 0. The third-order valence-electron chi connectivity index (χ3n) is 2.59. The van der Waals surface area contributed by atoms with Gasteiger partial charge in [0.15, 0.2) is 5.17 Å². The van der Waals surface area contributed by atoms with Gasteiger partial charge >= 0.3 is 0 Å². The van der Waals surface area contributed by atoms with Gasteiger partial charge in [0, 0.05) is 18.1 Å². The van der Waals surface area contributed by atoms with E-state index >= 15 is 0 Å². The maximum Gasteiger partial charge on any atom is 0.239 e. The zero-order chi connectivity index (χ0) is 12.3. The van der Waals surface area contributed by atoms with Crippen molar-refractivity contribution in [2.45, 2.75) is 37.4 Å². The number of aliphatic carboxylic acids is 1. The number of nitrogens with one attached hydrogen (secondary N) is 1. The van der Waals surface area contributed by atoms with Crippen LogP contribution in [0.3, 0.4) is 0 Å². The molecule has 1 saturated heterocycles. The Morgan fingerprint density at radius 2 is 2.12 bits per heavy atom. The van der Waals surface area contributed by atoms with Crippen LogP contribution in [0.5, 0.6) is 0 Å². The molecule has 1 N–H and O–H groups in total. The van der Waals surface area contributed by atoms with Gasteiger partial charge < -0.3 is 15.2 Å². The number of carboxylic acid groups (broad SMARTS) is 1. The average Bonchev–Trinajstić information content (AvgIpc) is 2.86. The number of rotatable bonds is 3. The Balaban J connectivity index is 1.95. The fourth-order valence-corrected chi connectivity index (χ4v) is 2.64. The fraction of sp³-hybridized carbons (Fsp3) is 0.600. The number of amidine groups is 1. The molecular weight excluding hydrogens is 242 g/mol. The average molecular weight is 254 g/mol. The van der Waals surface area contributed by atoms with E-state index in [1.54, 1.807) is 0 Å². The van der Waals surface area contributed by atoms with Crippen molar-refractivity contribution in [3.8, 4) is 0 Å². The van der Waals surface area contributed by atoms with Gasteiger partial charge in [-0.2, -0.15) is 5.10 Å². The zero-order valence-corrected chi connectivity index (χ0v) is 9.96. The Bertz CT molecular complexity index is 398. The van der Waals surface area contributed by atoms with E-state index in [9.17, 15) is 14.7 Å². The topological polar surface area (TPSA) is 93.9 Å². The van der Waals surface area contributed by atoms with Gasteiger partial charge in [0.2, 0.25) is 5.91 Å². The van der Waals surface area contributed by atoms with Gasteiger partial charge in [-0.25, -0.2) is 0 Å². The fourth-order valence-electron chi connectivity index (χ4n) is 1.74. The molecule has 1 aliphatic carbocycles. The molecule has 0 spiro atoms. The lowest BCUT2D eigenvalue weighted by molar-refractivity contribution is -0.305. The third kappa shape index (κ3) is 3.29. The van der Waals surface area contributed by atoms with Crippen molar-refractivity contribution in [1.82, 2.24) is 5.32 Å². The lowest BCUT2D eigenvalue weighted by Crippen LogP contribution is -2.31. The summed E-state index contributed by atoms with van der Waals surface area (Å²) < 4.78 is 0. The van der Waals surface area contributed by atoms with Gasteiger partial charge in [-0.1, -0.05) is 11.8 Å². The molecule has 1 heterocycles. The number of carboxylic acids is 1. The minimum absolute atomic E-state index is 0.300. The highest BCUT2D eigenvalue weighted by atomic mass is 32.2. The van der Waals surface area contributed by atoms with Gasteiger partial charge in [-0.05, 0) is 25.7 Å². The first-order chi connectivity index (χ1) is 8.15. The molecular formula is C10H12N3O3S-. The SMILES string of the molecule is O=C([O-])C[C@H]1S/C(=N\N=C2CCCC2)NC1=O. The van der Waals surface area contributed by atoms with Crippen molar-refractivity contribution in [1.29, 1.82) is 0 Å². The summed E-state index contributed by atoms with van der Waals surface area (Å²) in [5, 5.41) is 20.6. The molecule has 2 rings (SSSR count). The van der Waals surface area contributed by atoms with E-state index in [1.807, 2.05) is 0 Å². The van der Waals surface area contributed by atoms with Crippen molar-refractivity contribution < 1.29 is 14.7 Å². The van der Waals surface area contributed by atoms with Gasteiger partial charge in [-0.3, -0.25) is 4.79 Å². The monoisotopic (exact) mass is 254 g/mol.